The molecule has 0 aromatic rings. The van der Waals surface area contributed by atoms with Gasteiger partial charge in [0.05, 0.1) is 32.0 Å². The molecule has 0 aromatic heterocycles. The lowest BCUT2D eigenvalue weighted by Gasteiger charge is -2.46. The molecule has 2 fully saturated rings. The number of hydrogen-bond donors (Lipinski definition) is 9. The first-order valence-electron chi connectivity index (χ1n) is 26.6. The molecule has 2 aliphatic rings. The van der Waals surface area contributed by atoms with Gasteiger partial charge in [0.25, 0.3) is 0 Å². The maximum atomic E-state index is 13.1. The number of rotatable bonds is 41. The Kier molecular flexibility index (Phi) is 36.0. The minimum atomic E-state index is -1.79. The zero-order valence-corrected chi connectivity index (χ0v) is 41.2. The van der Waals surface area contributed by atoms with Crippen LogP contribution in [0.3, 0.4) is 0 Å². The predicted molar refractivity (Wildman–Crippen MR) is 258 cm³/mol. The molecule has 0 aromatic carbocycles. The van der Waals surface area contributed by atoms with Crippen molar-refractivity contribution < 1.29 is 64.6 Å². The Balaban J connectivity index is 1.67. The van der Waals surface area contributed by atoms with E-state index in [1.165, 1.54) is 135 Å². The van der Waals surface area contributed by atoms with E-state index in [9.17, 15) is 45.6 Å². The summed E-state index contributed by atoms with van der Waals surface area (Å²) < 4.78 is 22.6. The third kappa shape index (κ3) is 25.9. The molecule has 0 radical (unpaired) electrons. The summed E-state index contributed by atoms with van der Waals surface area (Å²) in [7, 11) is 0. The van der Waals surface area contributed by atoms with Gasteiger partial charge in [0, 0.05) is 6.42 Å². The van der Waals surface area contributed by atoms with E-state index in [0.717, 1.165) is 38.5 Å². The first kappa shape index (κ1) is 60.6. The summed E-state index contributed by atoms with van der Waals surface area (Å²) in [5.41, 5.74) is 0. The van der Waals surface area contributed by atoms with Crippen molar-refractivity contribution in [3.8, 4) is 0 Å². The molecule has 12 unspecified atom stereocenters. The van der Waals surface area contributed by atoms with E-state index in [4.69, 9.17) is 18.9 Å². The topological polar surface area (TPSA) is 228 Å². The molecule has 12 atom stereocenters. The summed E-state index contributed by atoms with van der Waals surface area (Å²) >= 11 is 0. The van der Waals surface area contributed by atoms with Gasteiger partial charge in [-0.2, -0.15) is 0 Å². The molecular formula is C52H97NO13. The summed E-state index contributed by atoms with van der Waals surface area (Å²) in [6, 6.07) is -0.924. The lowest BCUT2D eigenvalue weighted by molar-refractivity contribution is -0.359. The molecule has 2 heterocycles. The number of allylic oxidation sites excluding steroid dienone is 3. The maximum Gasteiger partial charge on any atom is 0.220 e. The SMILES string of the molecule is CCC/C=C/CC/C=C/C(O)C(COC1OC(CO)C(OC2OC(CO)C(O)C(O)C2O)C(O)C1O)NC(=O)CCCCCCCCCCCCCCCCCCCCCCCCCCC. The summed E-state index contributed by atoms with van der Waals surface area (Å²) in [5.74, 6) is -0.251. The van der Waals surface area contributed by atoms with Gasteiger partial charge >= 0.3 is 0 Å². The van der Waals surface area contributed by atoms with Crippen molar-refractivity contribution in [2.24, 2.45) is 0 Å². The summed E-state index contributed by atoms with van der Waals surface area (Å²) in [5, 5.41) is 86.4. The van der Waals surface area contributed by atoms with Gasteiger partial charge in [0.1, 0.15) is 48.8 Å². The van der Waals surface area contributed by atoms with Gasteiger partial charge in [0.2, 0.25) is 5.91 Å². The average Bonchev–Trinajstić information content (AvgIpc) is 3.31. The molecule has 9 N–H and O–H groups in total. The molecule has 14 heteroatoms. The molecule has 0 bridgehead atoms. The van der Waals surface area contributed by atoms with E-state index in [1.54, 1.807) is 6.08 Å². The minimum Gasteiger partial charge on any atom is -0.394 e. The number of unbranched alkanes of at least 4 members (excludes halogenated alkanes) is 26. The van der Waals surface area contributed by atoms with E-state index in [2.05, 4.69) is 31.3 Å². The van der Waals surface area contributed by atoms with Gasteiger partial charge in [-0.25, -0.2) is 0 Å². The van der Waals surface area contributed by atoms with Crippen LogP contribution in [0, 0.1) is 0 Å². The van der Waals surface area contributed by atoms with E-state index in [-0.39, 0.29) is 18.9 Å². The molecule has 0 saturated carbocycles. The quantitative estimate of drug-likeness (QED) is 0.0216. The third-order valence-electron chi connectivity index (χ3n) is 13.1. The number of carbonyl (C=O) groups is 1. The van der Waals surface area contributed by atoms with Crippen LogP contribution in [0.2, 0.25) is 0 Å². The van der Waals surface area contributed by atoms with Crippen LogP contribution in [0.25, 0.3) is 0 Å². The molecule has 2 aliphatic heterocycles. The fourth-order valence-corrected chi connectivity index (χ4v) is 8.79. The van der Waals surface area contributed by atoms with Crippen LogP contribution < -0.4 is 5.32 Å². The zero-order valence-electron chi connectivity index (χ0n) is 41.2. The van der Waals surface area contributed by atoms with Gasteiger partial charge in [-0.1, -0.05) is 199 Å². The first-order valence-corrected chi connectivity index (χ1v) is 26.6. The molecule has 0 aliphatic carbocycles. The number of nitrogens with one attached hydrogen (secondary N) is 1. The van der Waals surface area contributed by atoms with E-state index >= 15 is 0 Å². The van der Waals surface area contributed by atoms with Gasteiger partial charge in [-0.15, -0.1) is 0 Å². The van der Waals surface area contributed by atoms with Gasteiger partial charge in [-0.3, -0.25) is 4.79 Å². The Bertz CT molecular complexity index is 1210. The molecule has 0 spiro atoms. The minimum absolute atomic E-state index is 0.251. The molecule has 1 amide bonds. The number of aliphatic hydroxyl groups is 8. The second-order valence-corrected chi connectivity index (χ2v) is 19.0. The van der Waals surface area contributed by atoms with Gasteiger partial charge < -0.3 is 65.1 Å². The third-order valence-corrected chi connectivity index (χ3v) is 13.1. The highest BCUT2D eigenvalue weighted by Gasteiger charge is 2.51. The van der Waals surface area contributed by atoms with Crippen LogP contribution in [-0.4, -0.2) is 140 Å². The average molecular weight is 944 g/mol. The predicted octanol–water partition coefficient (Wildman–Crippen LogP) is 7.33. The fraction of sp³-hybridized carbons (Fsp3) is 0.904. The standard InChI is InChI=1S/C52H97NO13/c1-3-5-7-9-11-12-13-14-15-16-17-18-19-20-21-22-23-24-25-26-27-28-30-32-34-36-44(57)53-40(41(56)35-33-31-29-10-8-6-4-2)39-63-51-49(62)47(60)50(43(38-55)65-51)66-52-48(61)46(59)45(58)42(37-54)64-52/h8,10,33,35,40-43,45-52,54-56,58-62H,3-7,9,11-32,34,36-39H2,1-2H3,(H,53,57)/b10-8+,35-33+. The summed E-state index contributed by atoms with van der Waals surface area (Å²) in [6.45, 7) is 2.66. The highest BCUT2D eigenvalue weighted by Crippen LogP contribution is 2.30. The number of aliphatic hydroxyl groups excluding tert-OH is 8. The highest BCUT2D eigenvalue weighted by atomic mass is 16.7. The molecule has 66 heavy (non-hydrogen) atoms. The normalized spacial score (nSPS) is 26.9. The van der Waals surface area contributed by atoms with Crippen LogP contribution >= 0.6 is 0 Å². The van der Waals surface area contributed by atoms with Crippen molar-refractivity contribution in [1.29, 1.82) is 0 Å². The maximum absolute atomic E-state index is 13.1. The monoisotopic (exact) mass is 944 g/mol. The van der Waals surface area contributed by atoms with E-state index in [1.807, 2.05) is 6.08 Å². The second kappa shape index (κ2) is 39.2. The Morgan fingerprint density at radius 3 is 1.45 bits per heavy atom. The number of hydrogen-bond acceptors (Lipinski definition) is 13. The molecule has 2 rings (SSSR count). The lowest BCUT2D eigenvalue weighted by Crippen LogP contribution is -2.65. The fourth-order valence-electron chi connectivity index (χ4n) is 8.79. The van der Waals surface area contributed by atoms with Crippen LogP contribution in [0.1, 0.15) is 206 Å². The molecule has 388 valence electrons. The van der Waals surface area contributed by atoms with Crippen molar-refractivity contribution in [1.82, 2.24) is 5.32 Å². The van der Waals surface area contributed by atoms with Crippen molar-refractivity contribution >= 4 is 5.91 Å². The van der Waals surface area contributed by atoms with E-state index < -0.39 is 86.8 Å². The molecule has 14 nitrogen and oxygen atoms in total. The lowest BCUT2D eigenvalue weighted by atomic mass is 9.97. The Morgan fingerprint density at radius 2 is 0.970 bits per heavy atom. The van der Waals surface area contributed by atoms with Crippen molar-refractivity contribution in [3.05, 3.63) is 24.3 Å². The number of ether oxygens (including phenoxy) is 4. The van der Waals surface area contributed by atoms with Crippen molar-refractivity contribution in [2.75, 3.05) is 19.8 Å². The van der Waals surface area contributed by atoms with Crippen LogP contribution in [-0.2, 0) is 23.7 Å². The molecule has 2 saturated heterocycles. The summed E-state index contributed by atoms with van der Waals surface area (Å²) in [6.07, 6.45) is 27.1. The smallest absolute Gasteiger partial charge is 0.220 e. The van der Waals surface area contributed by atoms with Gasteiger partial charge in [-0.05, 0) is 25.7 Å². The van der Waals surface area contributed by atoms with Gasteiger partial charge in [0.15, 0.2) is 12.6 Å². The second-order valence-electron chi connectivity index (χ2n) is 19.0. The van der Waals surface area contributed by atoms with E-state index in [0.29, 0.717) is 12.8 Å². The van der Waals surface area contributed by atoms with Crippen LogP contribution in [0.5, 0.6) is 0 Å². The van der Waals surface area contributed by atoms with Crippen molar-refractivity contribution in [2.45, 2.75) is 280 Å². The first-order chi connectivity index (χ1) is 32.1. The molecular weight excluding hydrogens is 847 g/mol. The van der Waals surface area contributed by atoms with Crippen LogP contribution in [0.15, 0.2) is 24.3 Å². The zero-order chi connectivity index (χ0) is 48.2. The summed E-state index contributed by atoms with van der Waals surface area (Å²) in [4.78, 5) is 13.1. The number of amides is 1. The van der Waals surface area contributed by atoms with Crippen LogP contribution in [0.4, 0.5) is 0 Å². The highest BCUT2D eigenvalue weighted by molar-refractivity contribution is 5.76. The number of carbonyl (C=O) groups excluding carboxylic acids is 1. The Labute approximate surface area is 398 Å². The van der Waals surface area contributed by atoms with Crippen molar-refractivity contribution in [3.63, 3.8) is 0 Å². The largest absolute Gasteiger partial charge is 0.394 e. The Morgan fingerprint density at radius 1 is 0.530 bits per heavy atom. The Hall–Kier alpha value is -1.53.